The smallest absolute Gasteiger partial charge is 0.100 e. The zero-order valence-electron chi connectivity index (χ0n) is 6.09. The molecule has 0 spiro atoms. The molecule has 0 radical (unpaired) electrons. The maximum atomic E-state index is 5.38. The van der Waals surface area contributed by atoms with Crippen LogP contribution in [0.1, 0.15) is 26.7 Å². The molecule has 1 heterocycles. The third-order valence-electron chi connectivity index (χ3n) is 1.51. The van der Waals surface area contributed by atoms with Crippen molar-refractivity contribution < 1.29 is 4.74 Å². The van der Waals surface area contributed by atoms with E-state index >= 15 is 0 Å². The second-order valence-corrected chi connectivity index (χ2v) is 4.05. The molecule has 9 heavy (non-hydrogen) atoms. The van der Waals surface area contributed by atoms with Crippen molar-refractivity contribution in [3.63, 3.8) is 0 Å². The van der Waals surface area contributed by atoms with Gasteiger partial charge in [0.15, 0.2) is 0 Å². The highest BCUT2D eigenvalue weighted by molar-refractivity contribution is 8.00. The van der Waals surface area contributed by atoms with E-state index in [1.165, 1.54) is 12.8 Å². The van der Waals surface area contributed by atoms with E-state index in [0.29, 0.717) is 5.44 Å². The summed E-state index contributed by atoms with van der Waals surface area (Å²) in [6, 6.07) is 0. The highest BCUT2D eigenvalue weighted by Crippen LogP contribution is 2.29. The molecule has 0 bridgehead atoms. The Kier molecular flexibility index (Phi) is 2.86. The first-order chi connectivity index (χ1) is 4.33. The van der Waals surface area contributed by atoms with Gasteiger partial charge in [0.2, 0.25) is 0 Å². The quantitative estimate of drug-likeness (QED) is 0.591. The Morgan fingerprint density at radius 2 is 2.44 bits per heavy atom. The minimum atomic E-state index is 0.446. The van der Waals surface area contributed by atoms with E-state index in [-0.39, 0.29) is 0 Å². The van der Waals surface area contributed by atoms with E-state index in [0.717, 1.165) is 11.9 Å². The molecule has 0 amide bonds. The van der Waals surface area contributed by atoms with Gasteiger partial charge in [0, 0.05) is 5.25 Å². The molecule has 54 valence electrons. The lowest BCUT2D eigenvalue weighted by atomic mass is 10.3. The number of hydrogen-bond acceptors (Lipinski definition) is 2. The van der Waals surface area contributed by atoms with Crippen molar-refractivity contribution in [1.29, 1.82) is 0 Å². The number of hydrogen-bond donors (Lipinski definition) is 0. The lowest BCUT2D eigenvalue weighted by molar-refractivity contribution is 0.144. The third kappa shape index (κ3) is 2.18. The minimum Gasteiger partial charge on any atom is -0.367 e. The summed E-state index contributed by atoms with van der Waals surface area (Å²) in [5.41, 5.74) is 0.446. The molecular weight excluding hydrogens is 132 g/mol. The summed E-state index contributed by atoms with van der Waals surface area (Å²) in [6.07, 6.45) is 2.60. The molecule has 0 aromatic rings. The number of thioether (sulfide) groups is 1. The van der Waals surface area contributed by atoms with Gasteiger partial charge in [0.25, 0.3) is 0 Å². The van der Waals surface area contributed by atoms with Gasteiger partial charge < -0.3 is 4.74 Å². The van der Waals surface area contributed by atoms with Gasteiger partial charge in [-0.1, -0.05) is 13.3 Å². The molecule has 1 fully saturated rings. The average molecular weight is 146 g/mol. The zero-order valence-corrected chi connectivity index (χ0v) is 6.91. The Morgan fingerprint density at radius 3 is 2.89 bits per heavy atom. The fourth-order valence-electron chi connectivity index (χ4n) is 1.07. The van der Waals surface area contributed by atoms with Gasteiger partial charge in [-0.05, 0) is 13.3 Å². The van der Waals surface area contributed by atoms with Crippen molar-refractivity contribution in [3.05, 3.63) is 0 Å². The van der Waals surface area contributed by atoms with Gasteiger partial charge in [-0.15, -0.1) is 11.8 Å². The maximum absolute atomic E-state index is 5.38. The topological polar surface area (TPSA) is 9.23 Å². The van der Waals surface area contributed by atoms with E-state index < -0.39 is 0 Å². The first kappa shape index (κ1) is 7.42. The van der Waals surface area contributed by atoms with Crippen LogP contribution in [0.2, 0.25) is 0 Å². The van der Waals surface area contributed by atoms with Crippen LogP contribution < -0.4 is 0 Å². The standard InChI is InChI=1S/C7H14OS/c1-3-4-7-5-8-6(2)9-7/h6-7H,3-5H2,1-2H3. The molecule has 0 aliphatic carbocycles. The monoisotopic (exact) mass is 146 g/mol. The van der Waals surface area contributed by atoms with Gasteiger partial charge in [-0.25, -0.2) is 0 Å². The summed E-state index contributed by atoms with van der Waals surface area (Å²) < 4.78 is 5.38. The van der Waals surface area contributed by atoms with E-state index in [9.17, 15) is 0 Å². The van der Waals surface area contributed by atoms with Crippen LogP contribution in [-0.4, -0.2) is 17.3 Å². The van der Waals surface area contributed by atoms with Crippen molar-refractivity contribution in [3.8, 4) is 0 Å². The lowest BCUT2D eigenvalue weighted by Gasteiger charge is -2.01. The van der Waals surface area contributed by atoms with Gasteiger partial charge >= 0.3 is 0 Å². The van der Waals surface area contributed by atoms with Crippen LogP contribution >= 0.6 is 11.8 Å². The maximum Gasteiger partial charge on any atom is 0.100 e. The minimum absolute atomic E-state index is 0.446. The molecule has 1 saturated heterocycles. The van der Waals surface area contributed by atoms with Gasteiger partial charge in [-0.2, -0.15) is 0 Å². The average Bonchev–Trinajstić information content (AvgIpc) is 2.17. The Morgan fingerprint density at radius 1 is 1.67 bits per heavy atom. The van der Waals surface area contributed by atoms with Crippen LogP contribution in [0.3, 0.4) is 0 Å². The molecule has 2 heteroatoms. The van der Waals surface area contributed by atoms with Gasteiger partial charge in [0.1, 0.15) is 5.44 Å². The first-order valence-corrected chi connectivity index (χ1v) is 4.54. The van der Waals surface area contributed by atoms with Crippen LogP contribution in [-0.2, 0) is 4.74 Å². The predicted octanol–water partition coefficient (Wildman–Crippen LogP) is 2.26. The summed E-state index contributed by atoms with van der Waals surface area (Å²) in [4.78, 5) is 0. The molecule has 0 N–H and O–H groups in total. The highest BCUT2D eigenvalue weighted by atomic mass is 32.2. The second kappa shape index (κ2) is 3.47. The Labute approximate surface area is 61.2 Å². The van der Waals surface area contributed by atoms with Gasteiger partial charge in [0.05, 0.1) is 6.61 Å². The zero-order chi connectivity index (χ0) is 6.69. The number of rotatable bonds is 2. The second-order valence-electron chi connectivity index (χ2n) is 2.45. The van der Waals surface area contributed by atoms with Crippen molar-refractivity contribution in [2.45, 2.75) is 37.4 Å². The molecule has 0 aromatic heterocycles. The molecule has 1 rings (SSSR count). The van der Waals surface area contributed by atoms with Crippen molar-refractivity contribution >= 4 is 11.8 Å². The summed E-state index contributed by atoms with van der Waals surface area (Å²) >= 11 is 1.97. The summed E-state index contributed by atoms with van der Waals surface area (Å²) in [5, 5.41) is 0.782. The molecule has 0 saturated carbocycles. The van der Waals surface area contributed by atoms with Crippen LogP contribution in [0, 0.1) is 0 Å². The molecule has 1 aliphatic rings. The molecule has 1 nitrogen and oxygen atoms in total. The molecule has 2 unspecified atom stereocenters. The van der Waals surface area contributed by atoms with Crippen LogP contribution in [0.25, 0.3) is 0 Å². The van der Waals surface area contributed by atoms with Crippen LogP contribution in [0.4, 0.5) is 0 Å². The van der Waals surface area contributed by atoms with Crippen LogP contribution in [0.5, 0.6) is 0 Å². The van der Waals surface area contributed by atoms with Crippen molar-refractivity contribution in [1.82, 2.24) is 0 Å². The fourth-order valence-corrected chi connectivity index (χ4v) is 2.29. The Bertz CT molecular complexity index is 83.0. The summed E-state index contributed by atoms with van der Waals surface area (Å²) in [6.45, 7) is 5.32. The summed E-state index contributed by atoms with van der Waals surface area (Å²) in [5.74, 6) is 0. The van der Waals surface area contributed by atoms with Gasteiger partial charge in [-0.3, -0.25) is 0 Å². The fraction of sp³-hybridized carbons (Fsp3) is 1.00. The highest BCUT2D eigenvalue weighted by Gasteiger charge is 2.20. The SMILES string of the molecule is CCCC1COC(C)S1. The number of ether oxygens (including phenoxy) is 1. The van der Waals surface area contributed by atoms with Crippen molar-refractivity contribution in [2.24, 2.45) is 0 Å². The van der Waals surface area contributed by atoms with Crippen LogP contribution in [0.15, 0.2) is 0 Å². The van der Waals surface area contributed by atoms with E-state index in [2.05, 4.69) is 13.8 Å². The van der Waals surface area contributed by atoms with E-state index in [1.54, 1.807) is 0 Å². The predicted molar refractivity (Wildman–Crippen MR) is 41.7 cm³/mol. The Hall–Kier alpha value is 0.310. The Balaban J connectivity index is 2.14. The molecular formula is C7H14OS. The largest absolute Gasteiger partial charge is 0.367 e. The molecule has 2 atom stereocenters. The van der Waals surface area contributed by atoms with Crippen molar-refractivity contribution in [2.75, 3.05) is 6.61 Å². The molecule has 1 aliphatic heterocycles. The van der Waals surface area contributed by atoms with E-state index in [1.807, 2.05) is 11.8 Å². The lowest BCUT2D eigenvalue weighted by Crippen LogP contribution is -2.00. The molecule has 0 aromatic carbocycles. The third-order valence-corrected chi connectivity index (χ3v) is 2.79. The van der Waals surface area contributed by atoms with E-state index in [4.69, 9.17) is 4.74 Å². The summed E-state index contributed by atoms with van der Waals surface area (Å²) in [7, 11) is 0. The first-order valence-electron chi connectivity index (χ1n) is 3.60. The normalized spacial score (nSPS) is 35.3.